The van der Waals surface area contributed by atoms with E-state index in [-0.39, 0.29) is 5.69 Å². The van der Waals surface area contributed by atoms with E-state index >= 15 is 0 Å². The van der Waals surface area contributed by atoms with Crippen LogP contribution in [-0.2, 0) is 0 Å². The molecule has 2 aromatic rings. The molecule has 0 heterocycles. The fraction of sp³-hybridized carbons (Fsp3) is 0.235. The highest BCUT2D eigenvalue weighted by atomic mass is 127. The number of halogens is 1. The average Bonchev–Trinajstić information content (AvgIpc) is 2.60. The van der Waals surface area contributed by atoms with Crippen molar-refractivity contribution in [2.24, 2.45) is 0 Å². The molecule has 7 nitrogen and oxygen atoms in total. The van der Waals surface area contributed by atoms with Crippen molar-refractivity contribution in [3.05, 3.63) is 55.6 Å². The summed E-state index contributed by atoms with van der Waals surface area (Å²) in [5.74, 6) is 0.667. The van der Waals surface area contributed by atoms with Crippen molar-refractivity contribution in [2.45, 2.75) is 13.3 Å². The zero-order valence-corrected chi connectivity index (χ0v) is 15.9. The van der Waals surface area contributed by atoms with E-state index in [9.17, 15) is 14.9 Å². The molecule has 0 spiro atoms. The van der Waals surface area contributed by atoms with Gasteiger partial charge in [0.15, 0.2) is 11.5 Å². The van der Waals surface area contributed by atoms with E-state index in [1.54, 1.807) is 18.2 Å². The molecule has 0 radical (unpaired) electrons. The molecular weight excluding hydrogens is 439 g/mol. The summed E-state index contributed by atoms with van der Waals surface area (Å²) in [7, 11) is 1.51. The number of anilines is 1. The second-order valence-corrected chi connectivity index (χ2v) is 6.26. The van der Waals surface area contributed by atoms with Gasteiger partial charge in [-0.2, -0.15) is 0 Å². The number of nitrogens with one attached hydrogen (secondary N) is 1. The number of benzene rings is 2. The van der Waals surface area contributed by atoms with Gasteiger partial charge in [-0.1, -0.05) is 13.0 Å². The summed E-state index contributed by atoms with van der Waals surface area (Å²) >= 11 is 2.08. The van der Waals surface area contributed by atoms with Crippen LogP contribution in [0.25, 0.3) is 0 Å². The molecule has 2 rings (SSSR count). The lowest BCUT2D eigenvalue weighted by molar-refractivity contribution is -0.384. The minimum atomic E-state index is -0.512. The predicted molar refractivity (Wildman–Crippen MR) is 103 cm³/mol. The number of methoxy groups -OCH3 is 1. The molecule has 0 bridgehead atoms. The lowest BCUT2D eigenvalue weighted by Crippen LogP contribution is -2.13. The second-order valence-electron chi connectivity index (χ2n) is 5.10. The van der Waals surface area contributed by atoms with E-state index in [2.05, 4.69) is 27.9 Å². The SMILES string of the molecule is CCCOc1c(I)cc(C(=O)Nc2cccc([N+](=O)[O-])c2)cc1OC. The molecule has 0 unspecified atom stereocenters. The molecule has 0 saturated heterocycles. The average molecular weight is 456 g/mol. The normalized spacial score (nSPS) is 10.2. The molecule has 2 aromatic carbocycles. The summed E-state index contributed by atoms with van der Waals surface area (Å²) in [5, 5.41) is 13.5. The Balaban J connectivity index is 2.26. The van der Waals surface area contributed by atoms with Crippen LogP contribution in [0.15, 0.2) is 36.4 Å². The summed E-state index contributed by atoms with van der Waals surface area (Å²) in [6, 6.07) is 9.03. The zero-order chi connectivity index (χ0) is 18.4. The smallest absolute Gasteiger partial charge is 0.271 e. The van der Waals surface area contributed by atoms with Gasteiger partial charge in [-0.05, 0) is 47.2 Å². The largest absolute Gasteiger partial charge is 0.493 e. The first-order valence-electron chi connectivity index (χ1n) is 7.52. The van der Waals surface area contributed by atoms with Crippen molar-refractivity contribution < 1.29 is 19.2 Å². The van der Waals surface area contributed by atoms with Crippen molar-refractivity contribution in [1.29, 1.82) is 0 Å². The number of hydrogen-bond donors (Lipinski definition) is 1. The molecule has 25 heavy (non-hydrogen) atoms. The van der Waals surface area contributed by atoms with Gasteiger partial charge in [-0.3, -0.25) is 14.9 Å². The summed E-state index contributed by atoms with van der Waals surface area (Å²) in [5.41, 5.74) is 0.629. The van der Waals surface area contributed by atoms with Gasteiger partial charge >= 0.3 is 0 Å². The van der Waals surface area contributed by atoms with Crippen LogP contribution in [0, 0.1) is 13.7 Å². The Morgan fingerprint density at radius 3 is 2.72 bits per heavy atom. The Kier molecular flexibility index (Phi) is 6.57. The van der Waals surface area contributed by atoms with Gasteiger partial charge in [0.05, 0.1) is 22.2 Å². The molecule has 0 aliphatic carbocycles. The molecule has 0 fully saturated rings. The summed E-state index contributed by atoms with van der Waals surface area (Å²) in [6.07, 6.45) is 0.855. The maximum Gasteiger partial charge on any atom is 0.271 e. The third-order valence-corrected chi connectivity index (χ3v) is 4.06. The molecule has 0 atom stereocenters. The second kappa shape index (κ2) is 8.65. The molecule has 132 valence electrons. The maximum absolute atomic E-state index is 12.5. The number of ether oxygens (including phenoxy) is 2. The highest BCUT2D eigenvalue weighted by molar-refractivity contribution is 14.1. The molecule has 0 aliphatic rings. The molecule has 0 aliphatic heterocycles. The number of amides is 1. The molecule has 0 aromatic heterocycles. The van der Waals surface area contributed by atoms with Crippen molar-refractivity contribution >= 4 is 39.9 Å². The van der Waals surface area contributed by atoms with Crippen LogP contribution < -0.4 is 14.8 Å². The van der Waals surface area contributed by atoms with Gasteiger partial charge in [0.2, 0.25) is 0 Å². The lowest BCUT2D eigenvalue weighted by Gasteiger charge is -2.14. The van der Waals surface area contributed by atoms with Gasteiger partial charge < -0.3 is 14.8 Å². The van der Waals surface area contributed by atoms with Crippen molar-refractivity contribution in [2.75, 3.05) is 19.0 Å². The first-order valence-corrected chi connectivity index (χ1v) is 8.60. The number of nitro groups is 1. The number of nitrogens with zero attached hydrogens (tertiary/aromatic N) is 1. The fourth-order valence-corrected chi connectivity index (χ4v) is 2.85. The molecule has 1 N–H and O–H groups in total. The lowest BCUT2D eigenvalue weighted by atomic mass is 10.1. The number of rotatable bonds is 7. The maximum atomic E-state index is 12.5. The summed E-state index contributed by atoms with van der Waals surface area (Å²) in [6.45, 7) is 2.55. The topological polar surface area (TPSA) is 90.7 Å². The van der Waals surface area contributed by atoms with Gasteiger partial charge in [0.25, 0.3) is 11.6 Å². The van der Waals surface area contributed by atoms with E-state index in [1.165, 1.54) is 25.3 Å². The van der Waals surface area contributed by atoms with Crippen molar-refractivity contribution in [3.8, 4) is 11.5 Å². The van der Waals surface area contributed by atoms with Crippen LogP contribution in [0.5, 0.6) is 11.5 Å². The van der Waals surface area contributed by atoms with Crippen LogP contribution in [0.4, 0.5) is 11.4 Å². The molecule has 8 heteroatoms. The van der Waals surface area contributed by atoms with Crippen LogP contribution in [-0.4, -0.2) is 24.5 Å². The van der Waals surface area contributed by atoms with E-state index in [0.29, 0.717) is 29.4 Å². The van der Waals surface area contributed by atoms with Gasteiger partial charge in [0, 0.05) is 23.4 Å². The summed E-state index contributed by atoms with van der Waals surface area (Å²) in [4.78, 5) is 22.8. The fourth-order valence-electron chi connectivity index (χ4n) is 2.10. The van der Waals surface area contributed by atoms with Gasteiger partial charge in [-0.15, -0.1) is 0 Å². The van der Waals surface area contributed by atoms with Crippen LogP contribution in [0.1, 0.15) is 23.7 Å². The zero-order valence-electron chi connectivity index (χ0n) is 13.7. The number of carbonyl (C=O) groups is 1. The predicted octanol–water partition coefficient (Wildman–Crippen LogP) is 4.25. The van der Waals surface area contributed by atoms with Crippen molar-refractivity contribution in [3.63, 3.8) is 0 Å². The highest BCUT2D eigenvalue weighted by Crippen LogP contribution is 2.34. The first kappa shape index (κ1) is 19.0. The van der Waals surface area contributed by atoms with Gasteiger partial charge in [-0.25, -0.2) is 0 Å². The highest BCUT2D eigenvalue weighted by Gasteiger charge is 2.16. The van der Waals surface area contributed by atoms with E-state index in [4.69, 9.17) is 9.47 Å². The molecule has 1 amide bonds. The van der Waals surface area contributed by atoms with E-state index in [0.717, 1.165) is 9.99 Å². The monoisotopic (exact) mass is 456 g/mol. The third kappa shape index (κ3) is 4.81. The molecular formula is C17H17IN2O5. The van der Waals surface area contributed by atoms with E-state index in [1.807, 2.05) is 6.92 Å². The van der Waals surface area contributed by atoms with Crippen LogP contribution >= 0.6 is 22.6 Å². The quantitative estimate of drug-likeness (QED) is 0.382. The Labute approximate surface area is 158 Å². The number of nitro benzene ring substituents is 1. The Hall–Kier alpha value is -2.36. The first-order chi connectivity index (χ1) is 12.0. The number of hydrogen-bond acceptors (Lipinski definition) is 5. The Bertz CT molecular complexity index is 795. The Morgan fingerprint density at radius 2 is 2.08 bits per heavy atom. The third-order valence-electron chi connectivity index (χ3n) is 3.26. The van der Waals surface area contributed by atoms with E-state index < -0.39 is 10.8 Å². The number of non-ortho nitro benzene ring substituents is 1. The Morgan fingerprint density at radius 1 is 1.32 bits per heavy atom. The minimum absolute atomic E-state index is 0.0896. The number of carbonyl (C=O) groups excluding carboxylic acids is 1. The molecule has 0 saturated carbocycles. The summed E-state index contributed by atoms with van der Waals surface area (Å²) < 4.78 is 11.7. The van der Waals surface area contributed by atoms with Gasteiger partial charge in [0.1, 0.15) is 0 Å². The standard InChI is InChI=1S/C17H17IN2O5/c1-3-7-25-16-14(18)8-11(9-15(16)24-2)17(21)19-12-5-4-6-13(10-12)20(22)23/h4-6,8-10H,3,7H2,1-2H3,(H,19,21). The van der Waals surface area contributed by atoms with Crippen LogP contribution in [0.2, 0.25) is 0 Å². The minimum Gasteiger partial charge on any atom is -0.493 e. The van der Waals surface area contributed by atoms with Crippen LogP contribution in [0.3, 0.4) is 0 Å². The van der Waals surface area contributed by atoms with Crippen molar-refractivity contribution in [1.82, 2.24) is 0 Å².